The topological polar surface area (TPSA) is 134 Å². The Bertz CT molecular complexity index is 949. The second kappa shape index (κ2) is 16.2. The molecule has 3 N–H and O–H groups in total. The van der Waals surface area contributed by atoms with Crippen LogP contribution in [0.4, 0.5) is 4.79 Å². The molecule has 38 heavy (non-hydrogen) atoms. The van der Waals surface area contributed by atoms with Crippen LogP contribution in [0.2, 0.25) is 0 Å². The Kier molecular flexibility index (Phi) is 14.2. The van der Waals surface area contributed by atoms with Gasteiger partial charge in [-0.1, -0.05) is 23.8 Å². The zero-order valence-corrected chi connectivity index (χ0v) is 24.4. The van der Waals surface area contributed by atoms with Crippen LogP contribution >= 0.6 is 11.8 Å². The predicted octanol–water partition coefficient (Wildman–Crippen LogP) is 2.88. The molecule has 0 spiro atoms. The third-order valence-electron chi connectivity index (χ3n) is 5.44. The van der Waals surface area contributed by atoms with E-state index in [2.05, 4.69) is 10.6 Å². The first-order chi connectivity index (χ1) is 17.8. The van der Waals surface area contributed by atoms with Gasteiger partial charge in [0.15, 0.2) is 0 Å². The number of nitrogens with one attached hydrogen (secondary N) is 2. The van der Waals surface area contributed by atoms with E-state index in [0.29, 0.717) is 17.7 Å². The van der Waals surface area contributed by atoms with Gasteiger partial charge in [0, 0.05) is 13.1 Å². The molecule has 10 nitrogen and oxygen atoms in total. The van der Waals surface area contributed by atoms with Crippen molar-refractivity contribution in [3.8, 4) is 0 Å². The van der Waals surface area contributed by atoms with Crippen LogP contribution in [0.5, 0.6) is 0 Å². The molecule has 11 heteroatoms. The number of esters is 1. The minimum atomic E-state index is -1.10. The van der Waals surface area contributed by atoms with E-state index in [9.17, 15) is 24.3 Å². The Morgan fingerprint density at radius 3 is 2.39 bits per heavy atom. The number of carbonyl (C=O) groups is 4. The lowest BCUT2D eigenvalue weighted by Crippen LogP contribution is -2.54. The molecule has 1 rings (SSSR count). The van der Waals surface area contributed by atoms with Crippen molar-refractivity contribution in [1.29, 1.82) is 0 Å². The molecule has 0 saturated heterocycles. The van der Waals surface area contributed by atoms with Gasteiger partial charge in [-0.3, -0.25) is 14.4 Å². The molecule has 0 heterocycles. The molecule has 2 unspecified atom stereocenters. The van der Waals surface area contributed by atoms with Gasteiger partial charge in [0.05, 0.1) is 19.6 Å². The lowest BCUT2D eigenvalue weighted by Gasteiger charge is -2.34. The predicted molar refractivity (Wildman–Crippen MR) is 148 cm³/mol. The van der Waals surface area contributed by atoms with E-state index < -0.39 is 48.2 Å². The molecular formula is C27H43N3O7S. The Labute approximate surface area is 230 Å². The fourth-order valence-corrected chi connectivity index (χ4v) is 4.29. The van der Waals surface area contributed by atoms with Crippen molar-refractivity contribution < 1.29 is 33.8 Å². The summed E-state index contributed by atoms with van der Waals surface area (Å²) in [6, 6.07) is 3.43. The number of hydrogen-bond donors (Lipinski definition) is 3. The number of amides is 3. The van der Waals surface area contributed by atoms with Crippen molar-refractivity contribution >= 4 is 35.6 Å². The van der Waals surface area contributed by atoms with Crippen LogP contribution in [0.1, 0.15) is 63.3 Å². The highest BCUT2D eigenvalue weighted by Gasteiger charge is 2.36. The lowest BCUT2D eigenvalue weighted by molar-refractivity contribution is -0.144. The van der Waals surface area contributed by atoms with E-state index in [1.807, 2.05) is 32.2 Å². The van der Waals surface area contributed by atoms with Gasteiger partial charge in [-0.25, -0.2) is 4.79 Å². The number of thioether (sulfide) groups is 1. The smallest absolute Gasteiger partial charge is 0.408 e. The molecule has 0 radical (unpaired) electrons. The zero-order valence-electron chi connectivity index (χ0n) is 23.6. The molecule has 0 aliphatic rings. The van der Waals surface area contributed by atoms with Gasteiger partial charge in [-0.15, -0.1) is 0 Å². The van der Waals surface area contributed by atoms with Gasteiger partial charge in [0.2, 0.25) is 11.8 Å². The number of carbonyl (C=O) groups excluding carboxylic acids is 4. The first-order valence-corrected chi connectivity index (χ1v) is 14.1. The normalized spacial score (nSPS) is 12.7. The van der Waals surface area contributed by atoms with Crippen molar-refractivity contribution in [1.82, 2.24) is 15.5 Å². The number of aliphatic hydroxyl groups is 1. The summed E-state index contributed by atoms with van der Waals surface area (Å²) < 4.78 is 10.3. The van der Waals surface area contributed by atoms with E-state index >= 15 is 0 Å². The molecule has 0 bridgehead atoms. The van der Waals surface area contributed by atoms with Gasteiger partial charge in [-0.2, -0.15) is 11.8 Å². The van der Waals surface area contributed by atoms with Crippen LogP contribution in [0.3, 0.4) is 0 Å². The molecule has 3 amide bonds. The molecule has 1 aromatic rings. The summed E-state index contributed by atoms with van der Waals surface area (Å²) in [5, 5.41) is 15.3. The number of aryl methyl sites for hydroxylation is 2. The molecule has 0 aromatic heterocycles. The lowest BCUT2D eigenvalue weighted by atomic mass is 9.96. The Morgan fingerprint density at radius 2 is 1.84 bits per heavy atom. The summed E-state index contributed by atoms with van der Waals surface area (Å²) in [7, 11) is 0. The maximum atomic E-state index is 13.9. The average Bonchev–Trinajstić information content (AvgIpc) is 2.81. The first-order valence-electron chi connectivity index (χ1n) is 12.7. The highest BCUT2D eigenvalue weighted by molar-refractivity contribution is 7.98. The fraction of sp³-hybridized carbons (Fsp3) is 0.630. The van der Waals surface area contributed by atoms with Crippen molar-refractivity contribution in [2.45, 2.75) is 72.1 Å². The molecule has 0 saturated carbocycles. The van der Waals surface area contributed by atoms with E-state index in [-0.39, 0.29) is 26.1 Å². The molecule has 214 valence electrons. The second-order valence-electron chi connectivity index (χ2n) is 9.84. The Hall–Kier alpha value is -2.79. The van der Waals surface area contributed by atoms with Crippen molar-refractivity contribution in [2.75, 3.05) is 38.3 Å². The number of hydrogen-bond acceptors (Lipinski definition) is 8. The van der Waals surface area contributed by atoms with Crippen molar-refractivity contribution in [2.24, 2.45) is 0 Å². The van der Waals surface area contributed by atoms with Crippen LogP contribution in [0.25, 0.3) is 0 Å². The number of benzene rings is 1. The summed E-state index contributed by atoms with van der Waals surface area (Å²) in [5.41, 5.74) is 1.58. The van der Waals surface area contributed by atoms with Gasteiger partial charge in [0.25, 0.3) is 0 Å². The third-order valence-corrected chi connectivity index (χ3v) is 6.08. The van der Waals surface area contributed by atoms with Crippen LogP contribution < -0.4 is 10.6 Å². The van der Waals surface area contributed by atoms with Gasteiger partial charge in [-0.05, 0) is 71.1 Å². The summed E-state index contributed by atoms with van der Waals surface area (Å²) in [6.45, 7) is 10.3. The van der Waals surface area contributed by atoms with E-state index in [0.717, 1.165) is 11.1 Å². The highest BCUT2D eigenvalue weighted by atomic mass is 32.2. The van der Waals surface area contributed by atoms with Gasteiger partial charge >= 0.3 is 12.1 Å². The summed E-state index contributed by atoms with van der Waals surface area (Å²) in [4.78, 5) is 53.0. The van der Waals surface area contributed by atoms with Crippen molar-refractivity contribution in [3.63, 3.8) is 0 Å². The maximum absolute atomic E-state index is 13.9. The molecule has 1 aromatic carbocycles. The highest BCUT2D eigenvalue weighted by Crippen LogP contribution is 2.27. The second-order valence-corrected chi connectivity index (χ2v) is 10.8. The summed E-state index contributed by atoms with van der Waals surface area (Å²) in [6.07, 6.45) is 1.41. The van der Waals surface area contributed by atoms with Crippen LogP contribution in [-0.4, -0.2) is 83.8 Å². The van der Waals surface area contributed by atoms with Crippen LogP contribution in [0, 0.1) is 13.8 Å². The molecular weight excluding hydrogens is 510 g/mol. The minimum Gasteiger partial charge on any atom is -0.466 e. The third kappa shape index (κ3) is 11.3. The minimum absolute atomic E-state index is 0.0201. The number of alkyl carbamates (subject to hydrolysis) is 1. The molecule has 0 fully saturated rings. The quantitative estimate of drug-likeness (QED) is 0.300. The largest absolute Gasteiger partial charge is 0.466 e. The van der Waals surface area contributed by atoms with Gasteiger partial charge in [0.1, 0.15) is 17.7 Å². The van der Waals surface area contributed by atoms with Gasteiger partial charge < -0.3 is 30.1 Å². The van der Waals surface area contributed by atoms with Crippen LogP contribution in [-0.2, 0) is 23.9 Å². The molecule has 0 aliphatic heterocycles. The average molecular weight is 554 g/mol. The fourth-order valence-electron chi connectivity index (χ4n) is 3.82. The zero-order chi connectivity index (χ0) is 28.9. The SMILES string of the molecule is CCOC(=O)CCNC(=O)C(c1ccc(C)cc1C)N(CCO)C(=O)C(CCSC)NC(=O)OC(C)(C)C. The van der Waals surface area contributed by atoms with E-state index in [1.54, 1.807) is 33.8 Å². The monoisotopic (exact) mass is 553 g/mol. The Balaban J connectivity index is 3.39. The number of ether oxygens (including phenoxy) is 2. The van der Waals surface area contributed by atoms with E-state index in [1.165, 1.54) is 16.7 Å². The molecule has 2 atom stereocenters. The van der Waals surface area contributed by atoms with Crippen LogP contribution in [0.15, 0.2) is 18.2 Å². The van der Waals surface area contributed by atoms with E-state index in [4.69, 9.17) is 9.47 Å². The summed E-state index contributed by atoms with van der Waals surface area (Å²) >= 11 is 1.51. The number of rotatable bonds is 14. The molecule has 0 aliphatic carbocycles. The Morgan fingerprint density at radius 1 is 1.16 bits per heavy atom. The summed E-state index contributed by atoms with van der Waals surface area (Å²) in [5.74, 6) is -0.912. The standard InChI is InChI=1S/C27H43N3O7S/c1-8-36-22(32)11-13-28-24(33)23(20-10-9-18(2)17-19(20)3)30(14-15-31)25(34)21(12-16-38-7)29-26(35)37-27(4,5)6/h9-10,17,21,23,31H,8,11-16H2,1-7H3,(H,28,33)(H,29,35). The van der Waals surface area contributed by atoms with Crippen molar-refractivity contribution in [3.05, 3.63) is 34.9 Å². The maximum Gasteiger partial charge on any atom is 0.408 e. The first kappa shape index (κ1) is 33.2. The number of nitrogens with zero attached hydrogens (tertiary/aromatic N) is 1. The number of aliphatic hydroxyl groups excluding tert-OH is 1.